The number of rotatable bonds is 6. The monoisotopic (exact) mass is 376 g/mol. The molecule has 2 heterocycles. The van der Waals surface area contributed by atoms with Gasteiger partial charge in [0.2, 0.25) is 5.95 Å². The van der Waals surface area contributed by atoms with Gasteiger partial charge in [-0.05, 0) is 48.2 Å². The van der Waals surface area contributed by atoms with Crippen LogP contribution in [0.3, 0.4) is 0 Å². The number of anilines is 1. The van der Waals surface area contributed by atoms with Crippen molar-refractivity contribution in [1.29, 1.82) is 0 Å². The Morgan fingerprint density at radius 1 is 1.07 bits per heavy atom. The third-order valence-electron chi connectivity index (χ3n) is 4.91. The Morgan fingerprint density at radius 3 is 2.61 bits per heavy atom. The fourth-order valence-corrected chi connectivity index (χ4v) is 3.40. The Morgan fingerprint density at radius 2 is 1.89 bits per heavy atom. The lowest BCUT2D eigenvalue weighted by molar-refractivity contribution is 0.310. The fourth-order valence-electron chi connectivity index (χ4n) is 3.40. The second-order valence-electron chi connectivity index (χ2n) is 6.57. The minimum atomic E-state index is -0.0934. The molecule has 0 saturated heterocycles. The minimum Gasteiger partial charge on any atom is -0.493 e. The van der Waals surface area contributed by atoms with Crippen LogP contribution < -0.4 is 14.8 Å². The van der Waals surface area contributed by atoms with E-state index in [1.165, 1.54) is 5.56 Å². The Kier molecular flexibility index (Phi) is 5.02. The summed E-state index contributed by atoms with van der Waals surface area (Å²) >= 11 is 0. The van der Waals surface area contributed by atoms with Gasteiger partial charge in [0.15, 0.2) is 11.5 Å². The Labute approximate surface area is 164 Å². The summed E-state index contributed by atoms with van der Waals surface area (Å²) in [5, 5.41) is 7.80. The molecule has 144 valence electrons. The first-order valence-corrected chi connectivity index (χ1v) is 9.51. The number of allylic oxidation sites excluding steroid dienone is 1. The molecule has 0 saturated carbocycles. The molecule has 0 radical (unpaired) electrons. The van der Waals surface area contributed by atoms with E-state index in [1.54, 1.807) is 13.4 Å². The maximum absolute atomic E-state index is 5.65. The summed E-state index contributed by atoms with van der Waals surface area (Å²) in [5.74, 6) is 2.16. The third kappa shape index (κ3) is 3.33. The van der Waals surface area contributed by atoms with E-state index in [1.807, 2.05) is 29.8 Å². The molecule has 2 aromatic carbocycles. The maximum Gasteiger partial charge on any atom is 0.226 e. The van der Waals surface area contributed by atoms with Gasteiger partial charge in [-0.25, -0.2) is 4.68 Å². The Balaban J connectivity index is 1.75. The molecule has 0 aliphatic carbocycles. The van der Waals surface area contributed by atoms with Crippen LogP contribution in [-0.4, -0.2) is 28.5 Å². The van der Waals surface area contributed by atoms with Crippen LogP contribution in [0.2, 0.25) is 0 Å². The molecule has 1 atom stereocenters. The predicted octanol–water partition coefficient (Wildman–Crippen LogP) is 4.30. The maximum atomic E-state index is 5.65. The van der Waals surface area contributed by atoms with E-state index in [4.69, 9.17) is 9.47 Å². The standard InChI is InChI=1S/C22H24N4O2/c1-4-15-6-8-16(9-7-15)18-13-19(26-22(25-18)23-14-24-26)17-10-11-20(28-5-2)21(12-17)27-3/h6-14,19H,4-5H2,1-3H3,(H,23,24,25). The third-order valence-corrected chi connectivity index (χ3v) is 4.91. The molecular formula is C22H24N4O2. The molecule has 6 nitrogen and oxygen atoms in total. The van der Waals surface area contributed by atoms with Gasteiger partial charge in [0.1, 0.15) is 12.4 Å². The van der Waals surface area contributed by atoms with E-state index < -0.39 is 0 Å². The highest BCUT2D eigenvalue weighted by atomic mass is 16.5. The lowest BCUT2D eigenvalue weighted by atomic mass is 10.0. The lowest BCUT2D eigenvalue weighted by Crippen LogP contribution is -2.20. The number of benzene rings is 2. The van der Waals surface area contributed by atoms with Crippen molar-refractivity contribution in [1.82, 2.24) is 14.8 Å². The summed E-state index contributed by atoms with van der Waals surface area (Å²) < 4.78 is 13.1. The van der Waals surface area contributed by atoms with Crippen molar-refractivity contribution < 1.29 is 9.47 Å². The van der Waals surface area contributed by atoms with Crippen LogP contribution in [0.1, 0.15) is 36.6 Å². The highest BCUT2D eigenvalue weighted by Gasteiger charge is 2.24. The molecule has 4 rings (SSSR count). The zero-order valence-corrected chi connectivity index (χ0v) is 16.3. The molecule has 1 aliphatic rings. The molecule has 3 aromatic rings. The topological polar surface area (TPSA) is 61.2 Å². The van der Waals surface area contributed by atoms with Crippen LogP contribution in [0.15, 0.2) is 54.9 Å². The van der Waals surface area contributed by atoms with Crippen molar-refractivity contribution >= 4 is 11.6 Å². The SMILES string of the molecule is CCOc1ccc(C2C=C(c3ccc(CC)cc3)Nc3ncnn32)cc1OC. The van der Waals surface area contributed by atoms with E-state index in [9.17, 15) is 0 Å². The number of aryl methyl sites for hydroxylation is 1. The van der Waals surface area contributed by atoms with Crippen LogP contribution in [0.5, 0.6) is 11.5 Å². The van der Waals surface area contributed by atoms with Crippen LogP contribution in [0.25, 0.3) is 5.70 Å². The van der Waals surface area contributed by atoms with Gasteiger partial charge >= 0.3 is 0 Å². The van der Waals surface area contributed by atoms with Gasteiger partial charge < -0.3 is 14.8 Å². The quantitative estimate of drug-likeness (QED) is 0.695. The predicted molar refractivity (Wildman–Crippen MR) is 110 cm³/mol. The zero-order chi connectivity index (χ0) is 19.5. The van der Waals surface area contributed by atoms with Crippen LogP contribution in [0.4, 0.5) is 5.95 Å². The van der Waals surface area contributed by atoms with Crippen molar-refractivity contribution in [2.75, 3.05) is 19.0 Å². The van der Waals surface area contributed by atoms with E-state index >= 15 is 0 Å². The van der Waals surface area contributed by atoms with Crippen molar-refractivity contribution in [2.24, 2.45) is 0 Å². The summed E-state index contributed by atoms with van der Waals surface area (Å²) in [7, 11) is 1.65. The fraction of sp³-hybridized carbons (Fsp3) is 0.273. The molecule has 0 fully saturated rings. The highest BCUT2D eigenvalue weighted by Crippen LogP contribution is 2.36. The average Bonchev–Trinajstić information content (AvgIpc) is 3.22. The van der Waals surface area contributed by atoms with Gasteiger partial charge in [-0.15, -0.1) is 0 Å². The average molecular weight is 376 g/mol. The first-order chi connectivity index (χ1) is 13.7. The van der Waals surface area contributed by atoms with E-state index in [0.29, 0.717) is 12.4 Å². The highest BCUT2D eigenvalue weighted by molar-refractivity contribution is 5.77. The number of nitrogens with zero attached hydrogens (tertiary/aromatic N) is 3. The molecule has 0 spiro atoms. The number of methoxy groups -OCH3 is 1. The molecule has 1 aromatic heterocycles. The molecule has 0 amide bonds. The van der Waals surface area contributed by atoms with Gasteiger partial charge in [0, 0.05) is 5.70 Å². The molecule has 1 aliphatic heterocycles. The zero-order valence-electron chi connectivity index (χ0n) is 16.3. The molecule has 28 heavy (non-hydrogen) atoms. The number of nitrogens with one attached hydrogen (secondary N) is 1. The largest absolute Gasteiger partial charge is 0.493 e. The molecule has 0 bridgehead atoms. The van der Waals surface area contributed by atoms with E-state index in [2.05, 4.69) is 52.7 Å². The Hall–Kier alpha value is -3.28. The van der Waals surface area contributed by atoms with Gasteiger partial charge in [-0.2, -0.15) is 10.1 Å². The van der Waals surface area contributed by atoms with Gasteiger partial charge in [-0.3, -0.25) is 0 Å². The van der Waals surface area contributed by atoms with Crippen LogP contribution in [-0.2, 0) is 6.42 Å². The second kappa shape index (κ2) is 7.76. The van der Waals surface area contributed by atoms with Crippen molar-refractivity contribution in [3.63, 3.8) is 0 Å². The van der Waals surface area contributed by atoms with Gasteiger partial charge in [-0.1, -0.05) is 37.3 Å². The first kappa shape index (κ1) is 18.1. The summed E-state index contributed by atoms with van der Waals surface area (Å²) in [4.78, 5) is 4.38. The second-order valence-corrected chi connectivity index (χ2v) is 6.57. The first-order valence-electron chi connectivity index (χ1n) is 9.51. The van der Waals surface area contributed by atoms with E-state index in [-0.39, 0.29) is 6.04 Å². The van der Waals surface area contributed by atoms with Crippen LogP contribution in [0, 0.1) is 0 Å². The number of hydrogen-bond donors (Lipinski definition) is 1. The Bertz CT molecular complexity index is 992. The number of aromatic nitrogens is 3. The smallest absolute Gasteiger partial charge is 0.226 e. The van der Waals surface area contributed by atoms with Crippen molar-refractivity contribution in [3.8, 4) is 11.5 Å². The van der Waals surface area contributed by atoms with Crippen molar-refractivity contribution in [2.45, 2.75) is 26.3 Å². The molecule has 1 N–H and O–H groups in total. The lowest BCUT2D eigenvalue weighted by Gasteiger charge is -2.25. The van der Waals surface area contributed by atoms with Gasteiger partial charge in [0.25, 0.3) is 0 Å². The summed E-state index contributed by atoms with van der Waals surface area (Å²) in [5.41, 5.74) is 4.50. The summed E-state index contributed by atoms with van der Waals surface area (Å²) in [6, 6.07) is 14.5. The number of ether oxygens (including phenoxy) is 2. The molecule has 1 unspecified atom stereocenters. The molecule has 6 heteroatoms. The number of fused-ring (bicyclic) bond motifs is 1. The van der Waals surface area contributed by atoms with Gasteiger partial charge in [0.05, 0.1) is 13.7 Å². The molecular weight excluding hydrogens is 352 g/mol. The summed E-state index contributed by atoms with van der Waals surface area (Å²) in [6.07, 6.45) is 4.76. The number of hydrogen-bond acceptors (Lipinski definition) is 5. The normalized spacial score (nSPS) is 15.4. The van der Waals surface area contributed by atoms with Crippen molar-refractivity contribution in [3.05, 3.63) is 71.6 Å². The minimum absolute atomic E-state index is 0.0934. The van der Waals surface area contributed by atoms with Crippen LogP contribution >= 0.6 is 0 Å². The summed E-state index contributed by atoms with van der Waals surface area (Å²) in [6.45, 7) is 4.71. The van der Waals surface area contributed by atoms with E-state index in [0.717, 1.165) is 34.9 Å².